The number of piperidine rings is 1. The third-order valence-corrected chi connectivity index (χ3v) is 4.75. The first-order valence-corrected chi connectivity index (χ1v) is 8.71. The van der Waals surface area contributed by atoms with Crippen molar-refractivity contribution in [2.24, 2.45) is 0 Å². The van der Waals surface area contributed by atoms with Gasteiger partial charge in [0, 0.05) is 31.5 Å². The van der Waals surface area contributed by atoms with Crippen LogP contribution in [0.2, 0.25) is 0 Å². The third-order valence-electron chi connectivity index (χ3n) is 4.75. The van der Waals surface area contributed by atoms with Gasteiger partial charge in [-0.2, -0.15) is 5.26 Å². The molecule has 1 fully saturated rings. The molecule has 0 radical (unpaired) electrons. The van der Waals surface area contributed by atoms with Crippen molar-refractivity contribution in [3.63, 3.8) is 0 Å². The zero-order chi connectivity index (χ0) is 18.7. The van der Waals surface area contributed by atoms with Gasteiger partial charge in [-0.3, -0.25) is 20.1 Å². The van der Waals surface area contributed by atoms with Gasteiger partial charge in [0.1, 0.15) is 22.6 Å². The SMILES string of the molecule is COC(=O)C(C)(C)N[C@@H]1CCCN(c2ccc(C#N)c3nccnc23)C1. The minimum atomic E-state index is -0.741. The fraction of sp³-hybridized carbons (Fsp3) is 0.474. The molecule has 1 N–H and O–H groups in total. The minimum absolute atomic E-state index is 0.153. The van der Waals surface area contributed by atoms with Crippen LogP contribution in [0.4, 0.5) is 5.69 Å². The molecule has 1 aliphatic heterocycles. The molecule has 0 saturated carbocycles. The topological polar surface area (TPSA) is 91.1 Å². The molecule has 0 unspecified atom stereocenters. The van der Waals surface area contributed by atoms with Gasteiger partial charge in [-0.25, -0.2) is 0 Å². The predicted octanol–water partition coefficient (Wildman–Crippen LogP) is 2.01. The number of fused-ring (bicyclic) bond motifs is 1. The maximum Gasteiger partial charge on any atom is 0.325 e. The molecule has 1 aromatic carbocycles. The van der Waals surface area contributed by atoms with Gasteiger partial charge < -0.3 is 9.64 Å². The Labute approximate surface area is 153 Å². The number of methoxy groups -OCH3 is 1. The normalized spacial score (nSPS) is 17.8. The molecular weight excluding hydrogens is 330 g/mol. The summed E-state index contributed by atoms with van der Waals surface area (Å²) in [5.74, 6) is -0.274. The molecule has 0 bridgehead atoms. The molecule has 0 spiro atoms. The zero-order valence-corrected chi connectivity index (χ0v) is 15.3. The summed E-state index contributed by atoms with van der Waals surface area (Å²) in [5.41, 5.74) is 2.11. The first-order chi connectivity index (χ1) is 12.5. The molecule has 1 aliphatic rings. The molecule has 26 heavy (non-hydrogen) atoms. The van der Waals surface area contributed by atoms with Crippen molar-refractivity contribution in [3.05, 3.63) is 30.1 Å². The Morgan fingerprint density at radius 2 is 2.08 bits per heavy atom. The molecule has 1 aromatic heterocycles. The second kappa shape index (κ2) is 7.26. The van der Waals surface area contributed by atoms with E-state index in [0.29, 0.717) is 11.1 Å². The van der Waals surface area contributed by atoms with E-state index in [9.17, 15) is 10.1 Å². The summed E-state index contributed by atoms with van der Waals surface area (Å²) in [4.78, 5) is 23.0. The van der Waals surface area contributed by atoms with Crippen molar-refractivity contribution >= 4 is 22.7 Å². The largest absolute Gasteiger partial charge is 0.468 e. The third kappa shape index (κ3) is 3.46. The average molecular weight is 353 g/mol. The van der Waals surface area contributed by atoms with Crippen LogP contribution in [0.3, 0.4) is 0 Å². The van der Waals surface area contributed by atoms with Crippen LogP contribution in [0.25, 0.3) is 11.0 Å². The lowest BCUT2D eigenvalue weighted by molar-refractivity contribution is -0.147. The monoisotopic (exact) mass is 353 g/mol. The Hall–Kier alpha value is -2.72. The van der Waals surface area contributed by atoms with Gasteiger partial charge >= 0.3 is 5.97 Å². The number of nitriles is 1. The predicted molar refractivity (Wildman–Crippen MR) is 98.7 cm³/mol. The van der Waals surface area contributed by atoms with E-state index in [1.807, 2.05) is 19.9 Å². The van der Waals surface area contributed by atoms with Gasteiger partial charge in [0.15, 0.2) is 0 Å². The summed E-state index contributed by atoms with van der Waals surface area (Å²) in [6.45, 7) is 5.31. The van der Waals surface area contributed by atoms with Crippen molar-refractivity contribution in [2.45, 2.75) is 38.3 Å². The maximum atomic E-state index is 12.0. The molecule has 0 aliphatic carbocycles. The van der Waals surface area contributed by atoms with Crippen molar-refractivity contribution < 1.29 is 9.53 Å². The molecule has 0 amide bonds. The fourth-order valence-electron chi connectivity index (χ4n) is 3.53. The summed E-state index contributed by atoms with van der Waals surface area (Å²) in [6.07, 6.45) is 5.23. The van der Waals surface area contributed by atoms with Gasteiger partial charge in [0.2, 0.25) is 0 Å². The van der Waals surface area contributed by atoms with Gasteiger partial charge in [0.05, 0.1) is 18.4 Å². The summed E-state index contributed by atoms with van der Waals surface area (Å²) in [5, 5.41) is 12.7. The van der Waals surface area contributed by atoms with E-state index in [1.54, 1.807) is 18.5 Å². The number of ether oxygens (including phenoxy) is 1. The van der Waals surface area contributed by atoms with Crippen LogP contribution < -0.4 is 10.2 Å². The van der Waals surface area contributed by atoms with E-state index in [4.69, 9.17) is 4.74 Å². The molecule has 7 nitrogen and oxygen atoms in total. The first kappa shape index (κ1) is 18.1. The van der Waals surface area contributed by atoms with Crippen molar-refractivity contribution in [1.82, 2.24) is 15.3 Å². The van der Waals surface area contributed by atoms with Gasteiger partial charge in [-0.1, -0.05) is 0 Å². The standard InChI is InChI=1S/C19H23N5O2/c1-19(2,18(25)26-3)23-14-5-4-10-24(12-14)15-7-6-13(11-20)16-17(15)22-9-8-21-16/h6-9,14,23H,4-5,10,12H2,1-3H3/t14-/m1/s1. The Kier molecular flexibility index (Phi) is 5.05. The Bertz CT molecular complexity index is 859. The van der Waals surface area contributed by atoms with Gasteiger partial charge in [0.25, 0.3) is 0 Å². The lowest BCUT2D eigenvalue weighted by Gasteiger charge is -2.38. The first-order valence-electron chi connectivity index (χ1n) is 8.71. The number of esters is 1. The van der Waals surface area contributed by atoms with Crippen molar-refractivity contribution in [3.8, 4) is 6.07 Å². The molecule has 3 rings (SSSR count). The zero-order valence-electron chi connectivity index (χ0n) is 15.3. The van der Waals surface area contributed by atoms with E-state index in [2.05, 4.69) is 26.3 Å². The Balaban J connectivity index is 1.86. The average Bonchev–Trinajstić information content (AvgIpc) is 2.66. The van der Waals surface area contributed by atoms with Crippen LogP contribution in [0.15, 0.2) is 24.5 Å². The molecule has 7 heteroatoms. The molecule has 1 saturated heterocycles. The number of nitrogens with zero attached hydrogens (tertiary/aromatic N) is 4. The highest BCUT2D eigenvalue weighted by Gasteiger charge is 2.33. The number of hydrogen-bond donors (Lipinski definition) is 1. The summed E-state index contributed by atoms with van der Waals surface area (Å²) in [7, 11) is 1.40. The maximum absolute atomic E-state index is 12.0. The molecule has 2 heterocycles. The van der Waals surface area contributed by atoms with Gasteiger partial charge in [-0.05, 0) is 38.8 Å². The Morgan fingerprint density at radius 1 is 1.35 bits per heavy atom. The summed E-state index contributed by atoms with van der Waals surface area (Å²) >= 11 is 0. The van der Waals surface area contributed by atoms with E-state index >= 15 is 0 Å². The van der Waals surface area contributed by atoms with E-state index < -0.39 is 5.54 Å². The number of benzene rings is 1. The second-order valence-corrected chi connectivity index (χ2v) is 7.04. The lowest BCUT2D eigenvalue weighted by atomic mass is 9.98. The summed E-state index contributed by atoms with van der Waals surface area (Å²) < 4.78 is 4.89. The lowest BCUT2D eigenvalue weighted by Crippen LogP contribution is -2.57. The number of rotatable bonds is 4. The molecular formula is C19H23N5O2. The number of nitrogens with one attached hydrogen (secondary N) is 1. The van der Waals surface area contributed by atoms with Crippen LogP contribution in [-0.4, -0.2) is 47.7 Å². The van der Waals surface area contributed by atoms with E-state index in [0.717, 1.165) is 37.1 Å². The number of hydrogen-bond acceptors (Lipinski definition) is 7. The van der Waals surface area contributed by atoms with Crippen LogP contribution in [0, 0.1) is 11.3 Å². The van der Waals surface area contributed by atoms with Crippen molar-refractivity contribution in [2.75, 3.05) is 25.1 Å². The molecule has 1 atom stereocenters. The Morgan fingerprint density at radius 3 is 2.77 bits per heavy atom. The quantitative estimate of drug-likeness (QED) is 0.841. The van der Waals surface area contributed by atoms with Crippen molar-refractivity contribution in [1.29, 1.82) is 5.26 Å². The highest BCUT2D eigenvalue weighted by Crippen LogP contribution is 2.29. The number of aromatic nitrogens is 2. The number of anilines is 1. The second-order valence-electron chi connectivity index (χ2n) is 7.04. The van der Waals surface area contributed by atoms with Crippen LogP contribution in [0.5, 0.6) is 0 Å². The highest BCUT2D eigenvalue weighted by atomic mass is 16.5. The fourth-order valence-corrected chi connectivity index (χ4v) is 3.53. The van der Waals surface area contributed by atoms with Gasteiger partial charge in [-0.15, -0.1) is 0 Å². The van der Waals surface area contributed by atoms with E-state index in [1.165, 1.54) is 7.11 Å². The number of carbonyl (C=O) groups excluding carboxylic acids is 1. The van der Waals surface area contributed by atoms with Crippen LogP contribution >= 0.6 is 0 Å². The minimum Gasteiger partial charge on any atom is -0.468 e. The molecule has 2 aromatic rings. The van der Waals surface area contributed by atoms with E-state index in [-0.39, 0.29) is 12.0 Å². The smallest absolute Gasteiger partial charge is 0.325 e. The van der Waals surface area contributed by atoms with Crippen LogP contribution in [-0.2, 0) is 9.53 Å². The van der Waals surface area contributed by atoms with Crippen LogP contribution in [0.1, 0.15) is 32.3 Å². The highest BCUT2D eigenvalue weighted by molar-refractivity contribution is 5.92. The molecule has 136 valence electrons. The number of carbonyl (C=O) groups is 1. The summed E-state index contributed by atoms with van der Waals surface area (Å²) in [6, 6.07) is 6.05.